The van der Waals surface area contributed by atoms with Gasteiger partial charge in [-0.15, -0.1) is 5.53 Å². The molecule has 0 saturated carbocycles. The molecule has 5 N–H and O–H groups in total. The van der Waals surface area contributed by atoms with Crippen molar-refractivity contribution in [2.75, 3.05) is 0 Å². The van der Waals surface area contributed by atoms with Crippen molar-refractivity contribution in [3.05, 3.63) is 10.4 Å². The van der Waals surface area contributed by atoms with Crippen molar-refractivity contribution in [1.29, 1.82) is 0 Å². The van der Waals surface area contributed by atoms with Crippen LogP contribution in [-0.4, -0.2) is 0 Å². The summed E-state index contributed by atoms with van der Waals surface area (Å²) < 4.78 is 0. The minimum atomic E-state index is 1.98. The van der Waals surface area contributed by atoms with Gasteiger partial charge in [-0.25, -0.2) is 0 Å². The zero-order valence-electron chi connectivity index (χ0n) is 3.42. The number of hydrogen-bond donors (Lipinski definition) is 4. The molecule has 0 radical (unpaired) electrons. The highest BCUT2D eigenvalue weighted by atomic mass is 15.8. The van der Waals surface area contributed by atoms with E-state index in [-0.39, 0.29) is 0 Å². The van der Waals surface area contributed by atoms with E-state index in [2.05, 4.69) is 21.5 Å². The highest BCUT2D eigenvalue weighted by Gasteiger charge is 1.65. The number of hydrogen-bond acceptors (Lipinski definition) is 4. The van der Waals surface area contributed by atoms with Gasteiger partial charge in [-0.1, -0.05) is 5.53 Å². The minimum absolute atomic E-state index is 1.98. The van der Waals surface area contributed by atoms with Crippen LogP contribution in [0.25, 0.3) is 10.4 Å². The Balaban J connectivity index is 2.83. The van der Waals surface area contributed by atoms with Crippen LogP contribution in [0, 0.1) is 0 Å². The molecule has 0 rings (SSSR count). The van der Waals surface area contributed by atoms with Crippen LogP contribution >= 0.6 is 0 Å². The first-order valence-electron chi connectivity index (χ1n) is 1.41. The highest BCUT2D eigenvalue weighted by molar-refractivity contribution is 4.31. The Bertz CT molecular complexity index is 66.1. The number of nitrogens with one attached hydrogen (secondary N) is 3. The van der Waals surface area contributed by atoms with E-state index in [1.165, 1.54) is 0 Å². The molecule has 40 valence electrons. The molecule has 0 heterocycles. The van der Waals surface area contributed by atoms with Crippen molar-refractivity contribution in [3.63, 3.8) is 0 Å². The summed E-state index contributed by atoms with van der Waals surface area (Å²) in [5.74, 6) is 4.66. The van der Waals surface area contributed by atoms with Crippen LogP contribution in [-0.2, 0) is 0 Å². The second-order valence-corrected chi connectivity index (χ2v) is 0.571. The molecule has 0 spiro atoms. The van der Waals surface area contributed by atoms with Crippen LogP contribution in [0.2, 0.25) is 0 Å². The average molecular weight is 103 g/mol. The zero-order valence-corrected chi connectivity index (χ0v) is 3.42. The van der Waals surface area contributed by atoms with E-state index in [1.54, 1.807) is 0 Å². The van der Waals surface area contributed by atoms with E-state index < -0.39 is 0 Å². The van der Waals surface area contributed by atoms with Crippen molar-refractivity contribution in [3.8, 4) is 0 Å². The van der Waals surface area contributed by atoms with Gasteiger partial charge in [-0.2, -0.15) is 16.0 Å². The van der Waals surface area contributed by atoms with Gasteiger partial charge in [0.1, 0.15) is 0 Å². The maximum atomic E-state index is 7.58. The van der Waals surface area contributed by atoms with Gasteiger partial charge in [-0.05, 0) is 5.22 Å². The monoisotopic (exact) mass is 103 g/mol. The topological polar surface area (TPSA) is 111 Å². The van der Waals surface area contributed by atoms with E-state index in [4.69, 9.17) is 5.53 Å². The van der Waals surface area contributed by atoms with E-state index in [1.807, 2.05) is 11.1 Å². The Labute approximate surface area is 39.4 Å². The van der Waals surface area contributed by atoms with E-state index in [0.717, 1.165) is 0 Å². The molecule has 0 aromatic carbocycles. The molecule has 0 aromatic rings. The summed E-state index contributed by atoms with van der Waals surface area (Å²) in [6, 6.07) is 0. The first-order valence-corrected chi connectivity index (χ1v) is 1.41. The van der Waals surface area contributed by atoms with Gasteiger partial charge in [0, 0.05) is 0 Å². The molecule has 7 nitrogen and oxygen atoms in total. The van der Waals surface area contributed by atoms with Gasteiger partial charge in [0.2, 0.25) is 0 Å². The predicted molar refractivity (Wildman–Crippen MR) is 22.7 cm³/mol. The normalized spacial score (nSPS) is 7.00. The van der Waals surface area contributed by atoms with E-state index >= 15 is 0 Å². The fourth-order valence-corrected chi connectivity index (χ4v) is 0.0796. The highest BCUT2D eigenvalue weighted by Crippen LogP contribution is 1.48. The molecule has 7 heteroatoms. The van der Waals surface area contributed by atoms with Crippen molar-refractivity contribution < 1.29 is 0 Å². The van der Waals surface area contributed by atoms with Gasteiger partial charge >= 0.3 is 0 Å². The second kappa shape index (κ2) is 4.99. The summed E-state index contributed by atoms with van der Waals surface area (Å²) in [4.78, 5) is 2.33. The molecule has 0 aromatic heterocycles. The maximum absolute atomic E-state index is 7.58. The maximum Gasteiger partial charge on any atom is -0.000635 e. The van der Waals surface area contributed by atoms with Crippen molar-refractivity contribution in [1.82, 2.24) is 16.6 Å². The first kappa shape index (κ1) is 5.99. The Morgan fingerprint density at radius 1 is 1.71 bits per heavy atom. The number of nitrogens with two attached hydrogens (primary N) is 1. The third-order valence-electron chi connectivity index (χ3n) is 0.223. The Hall–Kier alpha value is -1.01. The van der Waals surface area contributed by atoms with Crippen LogP contribution in [0.15, 0.2) is 5.22 Å². The molecule has 0 unspecified atom stereocenters. The molecule has 0 aliphatic rings. The summed E-state index contributed by atoms with van der Waals surface area (Å²) in [7, 11) is 0. The molecule has 0 amide bonds. The Morgan fingerprint density at radius 3 is 2.86 bits per heavy atom. The van der Waals surface area contributed by atoms with Gasteiger partial charge in [0.25, 0.3) is 0 Å². The quantitative estimate of drug-likeness (QED) is 0.0886. The molecule has 0 fully saturated rings. The lowest BCUT2D eigenvalue weighted by Crippen LogP contribution is -2.44. The van der Waals surface area contributed by atoms with Gasteiger partial charge in [0.15, 0.2) is 0 Å². The van der Waals surface area contributed by atoms with Crippen LogP contribution in [0.3, 0.4) is 0 Å². The first-order chi connectivity index (χ1) is 3.41. The Morgan fingerprint density at radius 2 is 2.43 bits per heavy atom. The van der Waals surface area contributed by atoms with Crippen molar-refractivity contribution in [2.24, 2.45) is 11.1 Å². The molecule has 0 aliphatic carbocycles. The lowest BCUT2D eigenvalue weighted by atomic mass is 12.2. The summed E-state index contributed by atoms with van der Waals surface area (Å²) in [5, 5.41) is 2.84. The predicted octanol–water partition coefficient (Wildman–Crippen LogP) is -1.32. The lowest BCUT2D eigenvalue weighted by Gasteiger charge is -1.89. The molecular weight excluding hydrogens is 98.0 g/mol. The molecule has 0 bridgehead atoms. The summed E-state index contributed by atoms with van der Waals surface area (Å²) >= 11 is 0. The summed E-state index contributed by atoms with van der Waals surface area (Å²) in [6.07, 6.45) is 0. The summed E-state index contributed by atoms with van der Waals surface area (Å²) in [6.45, 7) is 0. The smallest absolute Gasteiger partial charge is 0.000635 e. The number of nitrogens with zero attached hydrogens (tertiary/aromatic N) is 3. The standard InChI is InChI=1S/H5N7/c1-3-5-7-6-4-2/h3,5,7H,1H2. The molecule has 0 aliphatic heterocycles. The van der Waals surface area contributed by atoms with Crippen LogP contribution in [0.5, 0.6) is 0 Å². The number of azide groups is 1. The molecule has 7 heavy (non-hydrogen) atoms. The van der Waals surface area contributed by atoms with Crippen molar-refractivity contribution >= 4 is 0 Å². The van der Waals surface area contributed by atoms with Crippen molar-refractivity contribution in [2.45, 2.75) is 0 Å². The third-order valence-corrected chi connectivity index (χ3v) is 0.223. The molecular formula is H5N7. The van der Waals surface area contributed by atoms with E-state index in [0.29, 0.717) is 0 Å². The van der Waals surface area contributed by atoms with Gasteiger partial charge < -0.3 is 0 Å². The fourth-order valence-electron chi connectivity index (χ4n) is 0.0796. The van der Waals surface area contributed by atoms with Gasteiger partial charge in [-0.3, -0.25) is 5.84 Å². The number of rotatable bonds is 3. The Kier molecular flexibility index (Phi) is 4.27. The largest absolute Gasteiger partial charge is 0.255 e. The SMILES string of the molecule is [N-]=[N+]=NNNNN. The average Bonchev–Trinajstić information content (AvgIpc) is 1.69. The minimum Gasteiger partial charge on any atom is -0.255 e. The zero-order chi connectivity index (χ0) is 5.54. The third kappa shape index (κ3) is 4.99. The lowest BCUT2D eigenvalue weighted by molar-refractivity contribution is 0.455. The molecule has 0 atom stereocenters. The summed E-state index contributed by atoms with van der Waals surface area (Å²) in [5.41, 5.74) is 13.7. The molecule has 0 saturated heterocycles. The van der Waals surface area contributed by atoms with Crippen LogP contribution in [0.1, 0.15) is 0 Å². The number of hydrazine groups is 3. The van der Waals surface area contributed by atoms with Gasteiger partial charge in [0.05, 0.1) is 0 Å². The van der Waals surface area contributed by atoms with Crippen LogP contribution < -0.4 is 22.4 Å². The fraction of sp³-hybridized carbons (Fsp3) is 0. The van der Waals surface area contributed by atoms with Crippen LogP contribution in [0.4, 0.5) is 0 Å². The second-order valence-electron chi connectivity index (χ2n) is 0.571. The van der Waals surface area contributed by atoms with E-state index in [9.17, 15) is 0 Å².